The molecule has 1 saturated heterocycles. The Morgan fingerprint density at radius 3 is 2.16 bits per heavy atom. The Hall–Kier alpha value is -1.97. The Labute approximate surface area is 190 Å². The van der Waals surface area contributed by atoms with Gasteiger partial charge in [0.2, 0.25) is 15.9 Å². The minimum atomic E-state index is -3.56. The summed E-state index contributed by atoms with van der Waals surface area (Å²) in [6.45, 7) is 3.27. The number of imide groups is 1. The molecule has 2 N–H and O–H groups in total. The zero-order valence-corrected chi connectivity index (χ0v) is 19.6. The number of hydrogen-bond donors (Lipinski definition) is 2. The molecule has 1 atom stereocenters. The molecule has 9 heteroatoms. The van der Waals surface area contributed by atoms with Gasteiger partial charge in [-0.2, -0.15) is 4.31 Å². The van der Waals surface area contributed by atoms with E-state index in [1.807, 2.05) is 17.0 Å². The fourth-order valence-electron chi connectivity index (χ4n) is 4.66. The van der Waals surface area contributed by atoms with Crippen LogP contribution in [0.3, 0.4) is 0 Å². The highest BCUT2D eigenvalue weighted by molar-refractivity contribution is 7.89. The Kier molecular flexibility index (Phi) is 7.17. The molecule has 1 unspecified atom stereocenters. The number of nitrogens with zero attached hydrogens (tertiary/aromatic N) is 2. The van der Waals surface area contributed by atoms with Crippen LogP contribution in [-0.2, 0) is 14.8 Å². The number of carbonyl (C=O) groups is 2. The van der Waals surface area contributed by atoms with Gasteiger partial charge in [-0.15, -0.1) is 0 Å². The molecule has 1 aromatic carbocycles. The third kappa shape index (κ3) is 5.50. The first-order chi connectivity index (χ1) is 15.3. The molecule has 32 heavy (non-hydrogen) atoms. The van der Waals surface area contributed by atoms with Crippen LogP contribution in [0.25, 0.3) is 0 Å². The number of piperazine rings is 1. The second-order valence-corrected chi connectivity index (χ2v) is 11.2. The van der Waals surface area contributed by atoms with E-state index in [0.29, 0.717) is 37.0 Å². The van der Waals surface area contributed by atoms with E-state index in [2.05, 4.69) is 10.6 Å². The summed E-state index contributed by atoms with van der Waals surface area (Å²) in [5.41, 5.74) is 1.24. The van der Waals surface area contributed by atoms with Crippen LogP contribution in [0.1, 0.15) is 63.4 Å². The van der Waals surface area contributed by atoms with Gasteiger partial charge >= 0.3 is 6.03 Å². The van der Waals surface area contributed by atoms with Gasteiger partial charge in [-0.3, -0.25) is 15.0 Å². The zero-order valence-electron chi connectivity index (χ0n) is 18.8. The Balaban J connectivity index is 1.30. The second kappa shape index (κ2) is 9.89. The summed E-state index contributed by atoms with van der Waals surface area (Å²) in [6, 6.07) is 6.64. The van der Waals surface area contributed by atoms with Gasteiger partial charge in [-0.05, 0) is 56.2 Å². The Bertz CT molecular complexity index is 916. The van der Waals surface area contributed by atoms with Crippen LogP contribution in [0.2, 0.25) is 0 Å². The topological polar surface area (TPSA) is 98.8 Å². The van der Waals surface area contributed by atoms with Gasteiger partial charge in [0.15, 0.2) is 0 Å². The fraction of sp³-hybridized carbons (Fsp3) is 0.652. The highest BCUT2D eigenvalue weighted by Gasteiger charge is 2.33. The first kappa shape index (κ1) is 23.2. The summed E-state index contributed by atoms with van der Waals surface area (Å²) in [5.74, 6) is 0.181. The largest absolute Gasteiger partial charge is 0.335 e. The van der Waals surface area contributed by atoms with Crippen molar-refractivity contribution >= 4 is 22.0 Å². The summed E-state index contributed by atoms with van der Waals surface area (Å²) in [6.07, 6.45) is 8.06. The summed E-state index contributed by atoms with van der Waals surface area (Å²) < 4.78 is 27.7. The summed E-state index contributed by atoms with van der Waals surface area (Å²) in [5, 5.41) is 5.12. The van der Waals surface area contributed by atoms with Gasteiger partial charge in [-0.1, -0.05) is 31.4 Å². The van der Waals surface area contributed by atoms with Gasteiger partial charge in [0, 0.05) is 32.2 Å². The third-order valence-corrected chi connectivity index (χ3v) is 8.86. The zero-order chi connectivity index (χ0) is 22.7. The summed E-state index contributed by atoms with van der Waals surface area (Å²) in [4.78, 5) is 26.4. The van der Waals surface area contributed by atoms with Crippen LogP contribution in [0.15, 0.2) is 29.2 Å². The van der Waals surface area contributed by atoms with E-state index in [0.717, 1.165) is 12.8 Å². The second-order valence-electron chi connectivity index (χ2n) is 9.26. The average Bonchev–Trinajstić information content (AvgIpc) is 3.63. The van der Waals surface area contributed by atoms with Crippen molar-refractivity contribution in [3.05, 3.63) is 29.8 Å². The maximum Gasteiger partial charge on any atom is 0.321 e. The molecule has 8 nitrogen and oxygen atoms in total. The van der Waals surface area contributed by atoms with Crippen molar-refractivity contribution in [2.75, 3.05) is 26.2 Å². The van der Waals surface area contributed by atoms with E-state index in [1.54, 1.807) is 19.1 Å². The molecule has 1 aromatic rings. The van der Waals surface area contributed by atoms with Crippen LogP contribution in [0, 0.1) is 0 Å². The van der Waals surface area contributed by atoms with Crippen LogP contribution < -0.4 is 10.6 Å². The SMILES string of the molecule is CC(C(=O)NC(=O)NC1CC1)N1CCN(S(=O)(=O)c2ccc(C3CCCCC3)cc2)CC1. The van der Waals surface area contributed by atoms with E-state index in [4.69, 9.17) is 0 Å². The van der Waals surface area contributed by atoms with Crippen molar-refractivity contribution in [2.45, 2.75) is 74.8 Å². The molecule has 1 aliphatic heterocycles. The monoisotopic (exact) mass is 462 g/mol. The molecule has 0 aromatic heterocycles. The number of benzene rings is 1. The predicted molar refractivity (Wildman–Crippen MR) is 122 cm³/mol. The first-order valence-corrected chi connectivity index (χ1v) is 13.2. The van der Waals surface area contributed by atoms with Gasteiger partial charge in [0.25, 0.3) is 0 Å². The minimum absolute atomic E-state index is 0.184. The summed E-state index contributed by atoms with van der Waals surface area (Å²) >= 11 is 0. The maximum atomic E-state index is 13.1. The molecule has 0 bridgehead atoms. The van der Waals surface area contributed by atoms with Crippen LogP contribution in [0.4, 0.5) is 4.79 Å². The van der Waals surface area contributed by atoms with Crippen molar-refractivity contribution in [3.63, 3.8) is 0 Å². The van der Waals surface area contributed by atoms with Crippen molar-refractivity contribution in [2.24, 2.45) is 0 Å². The lowest BCUT2D eigenvalue weighted by Crippen LogP contribution is -2.56. The maximum absolute atomic E-state index is 13.1. The smallest absolute Gasteiger partial charge is 0.321 e. The number of rotatable bonds is 6. The molecule has 2 saturated carbocycles. The molecular formula is C23H34N4O4S. The summed E-state index contributed by atoms with van der Waals surface area (Å²) in [7, 11) is -3.56. The van der Waals surface area contributed by atoms with Gasteiger partial charge in [-0.25, -0.2) is 13.2 Å². The van der Waals surface area contributed by atoms with E-state index in [-0.39, 0.29) is 11.9 Å². The number of amides is 3. The lowest BCUT2D eigenvalue weighted by molar-refractivity contribution is -0.125. The highest BCUT2D eigenvalue weighted by atomic mass is 32.2. The number of nitrogens with one attached hydrogen (secondary N) is 2. The number of hydrogen-bond acceptors (Lipinski definition) is 5. The molecular weight excluding hydrogens is 428 g/mol. The van der Waals surface area contributed by atoms with Gasteiger partial charge in [0.1, 0.15) is 0 Å². The Morgan fingerprint density at radius 1 is 0.938 bits per heavy atom. The molecule has 4 rings (SSSR count). The molecule has 3 fully saturated rings. The quantitative estimate of drug-likeness (QED) is 0.677. The number of carbonyl (C=O) groups excluding carboxylic acids is 2. The van der Waals surface area contributed by atoms with Gasteiger partial charge in [0.05, 0.1) is 10.9 Å². The van der Waals surface area contributed by atoms with Crippen LogP contribution in [0.5, 0.6) is 0 Å². The fourth-order valence-corrected chi connectivity index (χ4v) is 6.08. The van der Waals surface area contributed by atoms with Gasteiger partial charge < -0.3 is 5.32 Å². The van der Waals surface area contributed by atoms with Crippen LogP contribution in [-0.4, -0.2) is 67.8 Å². The average molecular weight is 463 g/mol. The lowest BCUT2D eigenvalue weighted by Gasteiger charge is -2.36. The molecule has 0 radical (unpaired) electrons. The highest BCUT2D eigenvalue weighted by Crippen LogP contribution is 2.33. The standard InChI is InChI=1S/C23H34N4O4S/c1-17(22(28)25-23(29)24-20-9-10-20)26-13-15-27(16-14-26)32(30,31)21-11-7-19(8-12-21)18-5-3-2-4-6-18/h7-8,11-12,17-18,20H,2-6,9-10,13-16H2,1H3,(H2,24,25,28,29). The Morgan fingerprint density at radius 2 is 1.56 bits per heavy atom. The minimum Gasteiger partial charge on any atom is -0.335 e. The van der Waals surface area contributed by atoms with Crippen molar-refractivity contribution in [1.82, 2.24) is 19.8 Å². The molecule has 176 valence electrons. The van der Waals surface area contributed by atoms with E-state index in [1.165, 1.54) is 42.0 Å². The van der Waals surface area contributed by atoms with Crippen LogP contribution >= 0.6 is 0 Å². The normalized spacial score (nSPS) is 22.3. The first-order valence-electron chi connectivity index (χ1n) is 11.8. The molecule has 3 amide bonds. The predicted octanol–water partition coefficient (Wildman–Crippen LogP) is 2.42. The van der Waals surface area contributed by atoms with E-state index in [9.17, 15) is 18.0 Å². The lowest BCUT2D eigenvalue weighted by atomic mass is 9.84. The van der Waals surface area contributed by atoms with E-state index >= 15 is 0 Å². The molecule has 0 spiro atoms. The number of sulfonamides is 1. The molecule has 2 aliphatic carbocycles. The van der Waals surface area contributed by atoms with Crippen molar-refractivity contribution < 1.29 is 18.0 Å². The molecule has 1 heterocycles. The van der Waals surface area contributed by atoms with Crippen molar-refractivity contribution in [1.29, 1.82) is 0 Å². The molecule has 3 aliphatic rings. The third-order valence-electron chi connectivity index (χ3n) is 6.94. The van der Waals surface area contributed by atoms with E-state index < -0.39 is 22.1 Å². The number of urea groups is 1. The van der Waals surface area contributed by atoms with Crippen molar-refractivity contribution in [3.8, 4) is 0 Å².